The Morgan fingerprint density at radius 3 is 2.42 bits per heavy atom. The lowest BCUT2D eigenvalue weighted by molar-refractivity contribution is 0.105. The van der Waals surface area contributed by atoms with Crippen molar-refractivity contribution in [1.29, 1.82) is 0 Å². The molecular weight excluding hydrogens is 256 g/mol. The van der Waals surface area contributed by atoms with Crippen LogP contribution in [0.15, 0.2) is 12.1 Å². The minimum atomic E-state index is -0.975. The maximum Gasteiger partial charge on any atom is 0.191 e. The third-order valence-electron chi connectivity index (χ3n) is 3.09. The van der Waals surface area contributed by atoms with E-state index in [0.29, 0.717) is 0 Å². The molecule has 0 aliphatic heterocycles. The number of aliphatic hydroxyl groups excluding tert-OH is 2. The molecule has 1 unspecified atom stereocenters. The number of aliphatic hydroxyl groups is 2. The molecule has 0 bridgehead atoms. The zero-order chi connectivity index (χ0) is 13.8. The van der Waals surface area contributed by atoms with Crippen molar-refractivity contribution in [3.63, 3.8) is 0 Å². The Morgan fingerprint density at radius 1 is 1.32 bits per heavy atom. The summed E-state index contributed by atoms with van der Waals surface area (Å²) < 4.78 is 32.7. The Labute approximate surface area is 110 Å². The quantitative estimate of drug-likeness (QED) is 0.737. The van der Waals surface area contributed by atoms with Crippen molar-refractivity contribution in [2.45, 2.75) is 31.5 Å². The number of halogens is 2. The van der Waals surface area contributed by atoms with Crippen molar-refractivity contribution in [2.24, 2.45) is 0 Å². The highest BCUT2D eigenvalue weighted by Crippen LogP contribution is 2.31. The van der Waals surface area contributed by atoms with Crippen LogP contribution in [0.25, 0.3) is 0 Å². The Bertz CT molecular complexity index is 415. The molecule has 0 radical (unpaired) electrons. The molecule has 1 aliphatic carbocycles. The summed E-state index contributed by atoms with van der Waals surface area (Å²) in [6.45, 7) is -0.404. The topological polar surface area (TPSA) is 61.7 Å². The fraction of sp³-hybridized carbons (Fsp3) is 0.538. The van der Waals surface area contributed by atoms with Gasteiger partial charge in [0, 0.05) is 24.4 Å². The summed E-state index contributed by atoms with van der Waals surface area (Å²) in [6, 6.07) is 2.22. The fourth-order valence-corrected chi connectivity index (χ4v) is 1.73. The van der Waals surface area contributed by atoms with Crippen molar-refractivity contribution in [3.8, 4) is 5.75 Å². The number of nitrogens with one attached hydrogen (secondary N) is 1. The maximum atomic E-state index is 13.7. The Kier molecular flexibility index (Phi) is 4.55. The Morgan fingerprint density at radius 2 is 1.95 bits per heavy atom. The van der Waals surface area contributed by atoms with E-state index in [1.54, 1.807) is 0 Å². The number of benzene rings is 1. The summed E-state index contributed by atoms with van der Waals surface area (Å²) in [7, 11) is 0. The second-order valence-corrected chi connectivity index (χ2v) is 4.66. The van der Waals surface area contributed by atoms with E-state index >= 15 is 0 Å². The van der Waals surface area contributed by atoms with Crippen LogP contribution in [0.5, 0.6) is 5.75 Å². The van der Waals surface area contributed by atoms with Crippen LogP contribution in [-0.4, -0.2) is 35.6 Å². The normalized spacial score (nSPS) is 16.8. The fourth-order valence-electron chi connectivity index (χ4n) is 1.73. The largest absolute Gasteiger partial charge is 0.484 e. The van der Waals surface area contributed by atoms with E-state index in [9.17, 15) is 8.78 Å². The van der Waals surface area contributed by atoms with Crippen LogP contribution in [0.2, 0.25) is 0 Å². The average Bonchev–Trinajstić information content (AvgIpc) is 2.32. The van der Waals surface area contributed by atoms with Crippen molar-refractivity contribution in [1.82, 2.24) is 0 Å². The molecule has 0 aromatic heterocycles. The van der Waals surface area contributed by atoms with Crippen LogP contribution in [0.3, 0.4) is 0 Å². The molecular formula is C13H17F2NO3. The molecule has 2 rings (SSSR count). The van der Waals surface area contributed by atoms with Crippen LogP contribution < -0.4 is 10.1 Å². The summed E-state index contributed by atoms with van der Waals surface area (Å²) in [5.41, 5.74) is 0.198. The first-order valence-electron chi connectivity index (χ1n) is 6.28. The summed E-state index contributed by atoms with van der Waals surface area (Å²) >= 11 is 0. The highest BCUT2D eigenvalue weighted by atomic mass is 19.1. The van der Waals surface area contributed by atoms with Crippen molar-refractivity contribution >= 4 is 5.69 Å². The highest BCUT2D eigenvalue weighted by Gasteiger charge is 2.23. The summed E-state index contributed by atoms with van der Waals surface area (Å²) in [5, 5.41) is 20.4. The molecule has 6 heteroatoms. The molecule has 3 N–H and O–H groups in total. The summed E-state index contributed by atoms with van der Waals surface area (Å²) in [6.07, 6.45) is 1.59. The first kappa shape index (κ1) is 14.0. The number of hydrogen-bond acceptors (Lipinski definition) is 4. The lowest BCUT2D eigenvalue weighted by atomic mass is 9.96. The second kappa shape index (κ2) is 6.16. The van der Waals surface area contributed by atoms with Crippen LogP contribution >= 0.6 is 0 Å². The highest BCUT2D eigenvalue weighted by molar-refractivity contribution is 5.48. The van der Waals surface area contributed by atoms with Gasteiger partial charge in [0.05, 0.1) is 18.8 Å². The zero-order valence-corrected chi connectivity index (χ0v) is 10.4. The van der Waals surface area contributed by atoms with E-state index in [4.69, 9.17) is 14.9 Å². The molecule has 0 amide bonds. The first-order chi connectivity index (χ1) is 9.10. The standard InChI is InChI=1S/C13H17F2NO3/c14-11-4-8(16-6-9(18)7-17)5-12(15)13(11)19-10-2-1-3-10/h4-5,9-10,16-18H,1-3,6-7H2. The van der Waals surface area contributed by atoms with Crippen LogP contribution in [0.1, 0.15) is 19.3 Å². The van der Waals surface area contributed by atoms with Gasteiger partial charge in [-0.1, -0.05) is 0 Å². The number of anilines is 1. The van der Waals surface area contributed by atoms with Crippen molar-refractivity contribution in [2.75, 3.05) is 18.5 Å². The molecule has 1 aliphatic rings. The summed E-state index contributed by atoms with van der Waals surface area (Å²) in [4.78, 5) is 0. The molecule has 1 aromatic rings. The van der Waals surface area contributed by atoms with Gasteiger partial charge >= 0.3 is 0 Å². The van der Waals surface area contributed by atoms with Crippen LogP contribution in [0, 0.1) is 11.6 Å². The number of ether oxygens (including phenoxy) is 1. The number of hydrogen-bond donors (Lipinski definition) is 3. The van der Waals surface area contributed by atoms with Gasteiger partial charge in [0.15, 0.2) is 17.4 Å². The van der Waals surface area contributed by atoms with Gasteiger partial charge in [-0.3, -0.25) is 0 Å². The van der Waals surface area contributed by atoms with Gasteiger partial charge in [-0.05, 0) is 19.3 Å². The van der Waals surface area contributed by atoms with Gasteiger partial charge < -0.3 is 20.3 Å². The van der Waals surface area contributed by atoms with E-state index in [1.807, 2.05) is 0 Å². The molecule has 1 saturated carbocycles. The minimum absolute atomic E-state index is 0.0121. The zero-order valence-electron chi connectivity index (χ0n) is 10.4. The van der Waals surface area contributed by atoms with Gasteiger partial charge in [-0.25, -0.2) is 8.78 Å². The van der Waals surface area contributed by atoms with E-state index in [1.165, 1.54) is 0 Å². The van der Waals surface area contributed by atoms with Gasteiger partial charge in [-0.2, -0.15) is 0 Å². The van der Waals surface area contributed by atoms with Gasteiger partial charge in [0.25, 0.3) is 0 Å². The van der Waals surface area contributed by atoms with E-state index in [-0.39, 0.29) is 24.1 Å². The Hall–Kier alpha value is -1.40. The third-order valence-corrected chi connectivity index (χ3v) is 3.09. The first-order valence-corrected chi connectivity index (χ1v) is 6.28. The summed E-state index contributed by atoms with van der Waals surface area (Å²) in [5.74, 6) is -1.89. The van der Waals surface area contributed by atoms with Crippen molar-refractivity contribution in [3.05, 3.63) is 23.8 Å². The molecule has 0 heterocycles. The average molecular weight is 273 g/mol. The minimum Gasteiger partial charge on any atom is -0.484 e. The predicted molar refractivity (Wildman–Crippen MR) is 66.2 cm³/mol. The molecule has 106 valence electrons. The van der Waals surface area contributed by atoms with Crippen LogP contribution in [-0.2, 0) is 0 Å². The maximum absolute atomic E-state index is 13.7. The lowest BCUT2D eigenvalue weighted by Crippen LogP contribution is -2.25. The smallest absolute Gasteiger partial charge is 0.191 e. The van der Waals surface area contributed by atoms with E-state index in [2.05, 4.69) is 5.32 Å². The molecule has 0 saturated heterocycles. The third kappa shape index (κ3) is 3.54. The SMILES string of the molecule is OCC(O)CNc1cc(F)c(OC2CCC2)c(F)c1. The van der Waals surface area contributed by atoms with Crippen molar-refractivity contribution < 1.29 is 23.7 Å². The molecule has 19 heavy (non-hydrogen) atoms. The van der Waals surface area contributed by atoms with E-state index < -0.39 is 24.3 Å². The molecule has 1 aromatic carbocycles. The van der Waals surface area contributed by atoms with E-state index in [0.717, 1.165) is 31.4 Å². The molecule has 0 spiro atoms. The van der Waals surface area contributed by atoms with Gasteiger partial charge in [0.1, 0.15) is 0 Å². The van der Waals surface area contributed by atoms with Crippen LogP contribution in [0.4, 0.5) is 14.5 Å². The lowest BCUT2D eigenvalue weighted by Gasteiger charge is -2.26. The predicted octanol–water partition coefficient (Wildman–Crippen LogP) is 1.66. The second-order valence-electron chi connectivity index (χ2n) is 4.66. The molecule has 1 fully saturated rings. The monoisotopic (exact) mass is 273 g/mol. The molecule has 4 nitrogen and oxygen atoms in total. The van der Waals surface area contributed by atoms with Gasteiger partial charge in [-0.15, -0.1) is 0 Å². The van der Waals surface area contributed by atoms with Gasteiger partial charge in [0.2, 0.25) is 0 Å². The molecule has 1 atom stereocenters. The Balaban J connectivity index is 2.03. The number of rotatable bonds is 6.